The van der Waals surface area contributed by atoms with Gasteiger partial charge < -0.3 is 15.6 Å². The topological polar surface area (TPSA) is 120 Å². The van der Waals surface area contributed by atoms with Crippen molar-refractivity contribution >= 4 is 29.4 Å². The van der Waals surface area contributed by atoms with Crippen molar-refractivity contribution in [2.24, 2.45) is 0 Å². The second-order valence-electron chi connectivity index (χ2n) is 3.95. The molecule has 0 saturated carbocycles. The minimum Gasteiger partial charge on any atom is -0.368 e. The van der Waals surface area contributed by atoms with Gasteiger partial charge in [0.2, 0.25) is 11.9 Å². The molecule has 0 saturated heterocycles. The molecule has 20 heavy (non-hydrogen) atoms. The van der Waals surface area contributed by atoms with E-state index in [1.54, 1.807) is 13.0 Å². The largest absolute Gasteiger partial charge is 0.368 e. The molecule has 0 aliphatic heterocycles. The molecule has 0 spiro atoms. The number of aryl methyl sites for hydroxylation is 1. The number of carbonyl (C=O) groups is 1. The van der Waals surface area contributed by atoms with Crippen molar-refractivity contribution < 1.29 is 9.32 Å². The van der Waals surface area contributed by atoms with Crippen LogP contribution < -0.4 is 11.1 Å². The lowest BCUT2D eigenvalue weighted by molar-refractivity contribution is -0.115. The average molecular weight is 294 g/mol. The Morgan fingerprint density at radius 2 is 2.35 bits per heavy atom. The van der Waals surface area contributed by atoms with Gasteiger partial charge in [-0.1, -0.05) is 23.8 Å². The van der Waals surface area contributed by atoms with Crippen molar-refractivity contribution in [1.82, 2.24) is 20.1 Å². The van der Waals surface area contributed by atoms with E-state index in [9.17, 15) is 4.79 Å². The standard InChI is InChI=1S/C11H14N6O2S/c1-3-7(20-11-14-5-13-10(12)16-11)9(18)15-8-4-6(2)19-17-8/h4-5,7H,3H2,1-2H3,(H,15,17,18)(H2,12,13,14,16). The molecule has 3 N–H and O–H groups in total. The van der Waals surface area contributed by atoms with Gasteiger partial charge >= 0.3 is 0 Å². The lowest BCUT2D eigenvalue weighted by Gasteiger charge is -2.11. The fraction of sp³-hybridized carbons (Fsp3) is 0.364. The van der Waals surface area contributed by atoms with Gasteiger partial charge in [-0.25, -0.2) is 9.97 Å². The minimum atomic E-state index is -0.353. The summed E-state index contributed by atoms with van der Waals surface area (Å²) >= 11 is 1.22. The Morgan fingerprint density at radius 3 is 2.95 bits per heavy atom. The van der Waals surface area contributed by atoms with E-state index in [4.69, 9.17) is 10.3 Å². The number of hydrogen-bond acceptors (Lipinski definition) is 8. The van der Waals surface area contributed by atoms with Crippen molar-refractivity contribution in [3.8, 4) is 0 Å². The molecular weight excluding hydrogens is 280 g/mol. The molecule has 2 rings (SSSR count). The van der Waals surface area contributed by atoms with Crippen LogP contribution in [0, 0.1) is 6.92 Å². The molecule has 2 aromatic rings. The smallest absolute Gasteiger partial charge is 0.239 e. The van der Waals surface area contributed by atoms with Crippen molar-refractivity contribution in [2.75, 3.05) is 11.1 Å². The summed E-state index contributed by atoms with van der Waals surface area (Å²) in [5, 5.41) is 6.46. The summed E-state index contributed by atoms with van der Waals surface area (Å²) in [6.45, 7) is 3.65. The first-order valence-electron chi connectivity index (χ1n) is 5.94. The van der Waals surface area contributed by atoms with Crippen molar-refractivity contribution in [3.05, 3.63) is 18.2 Å². The highest BCUT2D eigenvalue weighted by Gasteiger charge is 2.20. The second kappa shape index (κ2) is 6.33. The monoisotopic (exact) mass is 294 g/mol. The second-order valence-corrected chi connectivity index (χ2v) is 5.12. The molecule has 1 unspecified atom stereocenters. The van der Waals surface area contributed by atoms with Crippen LogP contribution in [-0.4, -0.2) is 31.3 Å². The van der Waals surface area contributed by atoms with Gasteiger partial charge in [-0.3, -0.25) is 4.79 Å². The van der Waals surface area contributed by atoms with Crippen molar-refractivity contribution in [2.45, 2.75) is 30.7 Å². The Kier molecular flexibility index (Phi) is 4.51. The molecule has 1 atom stereocenters. The van der Waals surface area contributed by atoms with E-state index in [-0.39, 0.29) is 17.1 Å². The van der Waals surface area contributed by atoms with Crippen LogP contribution in [0.1, 0.15) is 19.1 Å². The highest BCUT2D eigenvalue weighted by molar-refractivity contribution is 8.00. The molecule has 106 valence electrons. The first-order valence-corrected chi connectivity index (χ1v) is 6.81. The molecule has 0 aliphatic rings. The van der Waals surface area contributed by atoms with Gasteiger partial charge in [0.05, 0.1) is 5.25 Å². The summed E-state index contributed by atoms with van der Waals surface area (Å²) in [6, 6.07) is 1.65. The zero-order valence-corrected chi connectivity index (χ0v) is 11.8. The summed E-state index contributed by atoms with van der Waals surface area (Å²) in [6.07, 6.45) is 1.93. The fourth-order valence-corrected chi connectivity index (χ4v) is 2.27. The van der Waals surface area contributed by atoms with E-state index in [0.29, 0.717) is 23.2 Å². The quantitative estimate of drug-likeness (QED) is 0.791. The number of hydrogen-bond donors (Lipinski definition) is 2. The fourth-order valence-electron chi connectivity index (χ4n) is 1.43. The molecule has 8 nitrogen and oxygen atoms in total. The zero-order valence-electron chi connectivity index (χ0n) is 11.0. The summed E-state index contributed by atoms with van der Waals surface area (Å²) in [5.41, 5.74) is 5.48. The third-order valence-corrected chi connectivity index (χ3v) is 3.60. The van der Waals surface area contributed by atoms with E-state index in [2.05, 4.69) is 25.4 Å². The molecular formula is C11H14N6O2S. The molecule has 0 bridgehead atoms. The maximum atomic E-state index is 12.1. The third kappa shape index (κ3) is 3.67. The van der Waals surface area contributed by atoms with Crippen LogP contribution >= 0.6 is 11.8 Å². The first kappa shape index (κ1) is 14.3. The van der Waals surface area contributed by atoms with Gasteiger partial charge in [0.15, 0.2) is 11.0 Å². The number of nitrogens with two attached hydrogens (primary N) is 1. The Labute approximate surface area is 119 Å². The van der Waals surface area contributed by atoms with Crippen LogP contribution in [0.4, 0.5) is 11.8 Å². The number of aromatic nitrogens is 4. The molecule has 2 heterocycles. The van der Waals surface area contributed by atoms with Crippen LogP contribution in [0.15, 0.2) is 22.1 Å². The lowest BCUT2D eigenvalue weighted by Crippen LogP contribution is -2.25. The number of anilines is 2. The van der Waals surface area contributed by atoms with E-state index < -0.39 is 0 Å². The van der Waals surface area contributed by atoms with E-state index >= 15 is 0 Å². The predicted octanol–water partition coefficient (Wildman–Crippen LogP) is 1.26. The predicted molar refractivity (Wildman–Crippen MR) is 74.0 cm³/mol. The van der Waals surface area contributed by atoms with Gasteiger partial charge in [0.1, 0.15) is 12.1 Å². The summed E-state index contributed by atoms with van der Waals surface area (Å²) in [4.78, 5) is 23.8. The molecule has 1 amide bonds. The van der Waals surface area contributed by atoms with Gasteiger partial charge in [-0.2, -0.15) is 4.98 Å². The number of nitrogens with zero attached hydrogens (tertiary/aromatic N) is 4. The molecule has 0 fully saturated rings. The Balaban J connectivity index is 2.02. The number of rotatable bonds is 5. The van der Waals surface area contributed by atoms with Gasteiger partial charge in [-0.05, 0) is 13.3 Å². The first-order chi connectivity index (χ1) is 9.58. The lowest BCUT2D eigenvalue weighted by atomic mass is 10.3. The molecule has 2 aromatic heterocycles. The van der Waals surface area contributed by atoms with E-state index in [0.717, 1.165) is 0 Å². The SMILES string of the molecule is CCC(Sc1ncnc(N)n1)C(=O)Nc1cc(C)on1. The maximum absolute atomic E-state index is 12.1. The van der Waals surface area contributed by atoms with E-state index in [1.807, 2.05) is 6.92 Å². The number of thioether (sulfide) groups is 1. The summed E-state index contributed by atoms with van der Waals surface area (Å²) < 4.78 is 4.89. The molecule has 0 aromatic carbocycles. The Morgan fingerprint density at radius 1 is 1.55 bits per heavy atom. The number of nitrogen functional groups attached to an aromatic ring is 1. The maximum Gasteiger partial charge on any atom is 0.239 e. The van der Waals surface area contributed by atoms with Crippen LogP contribution in [0.25, 0.3) is 0 Å². The average Bonchev–Trinajstić information content (AvgIpc) is 2.81. The molecule has 0 aliphatic carbocycles. The van der Waals surface area contributed by atoms with Crippen LogP contribution in [-0.2, 0) is 4.79 Å². The normalized spacial score (nSPS) is 12.1. The number of amides is 1. The highest BCUT2D eigenvalue weighted by atomic mass is 32.2. The number of carbonyl (C=O) groups excluding carboxylic acids is 1. The van der Waals surface area contributed by atoms with Gasteiger partial charge in [0, 0.05) is 6.07 Å². The Bertz CT molecular complexity index is 602. The summed E-state index contributed by atoms with van der Waals surface area (Å²) in [5.74, 6) is 0.961. The third-order valence-electron chi connectivity index (χ3n) is 2.36. The molecule has 0 radical (unpaired) electrons. The summed E-state index contributed by atoms with van der Waals surface area (Å²) in [7, 11) is 0. The molecule has 9 heteroatoms. The minimum absolute atomic E-state index is 0.130. The van der Waals surface area contributed by atoms with Crippen LogP contribution in [0.5, 0.6) is 0 Å². The van der Waals surface area contributed by atoms with Crippen LogP contribution in [0.2, 0.25) is 0 Å². The van der Waals surface area contributed by atoms with E-state index in [1.165, 1.54) is 18.1 Å². The van der Waals surface area contributed by atoms with Crippen molar-refractivity contribution in [1.29, 1.82) is 0 Å². The zero-order chi connectivity index (χ0) is 14.5. The van der Waals surface area contributed by atoms with Crippen LogP contribution in [0.3, 0.4) is 0 Å². The highest BCUT2D eigenvalue weighted by Crippen LogP contribution is 2.23. The van der Waals surface area contributed by atoms with Crippen molar-refractivity contribution in [3.63, 3.8) is 0 Å². The Hall–Kier alpha value is -2.16. The van der Waals surface area contributed by atoms with Gasteiger partial charge in [0.25, 0.3) is 0 Å². The van der Waals surface area contributed by atoms with Gasteiger partial charge in [-0.15, -0.1) is 0 Å². The number of nitrogens with one attached hydrogen (secondary N) is 1.